The van der Waals surface area contributed by atoms with Gasteiger partial charge in [0.05, 0.1) is 22.1 Å². The van der Waals surface area contributed by atoms with E-state index in [0.29, 0.717) is 12.1 Å². The highest BCUT2D eigenvalue weighted by Crippen LogP contribution is 2.30. The molecule has 0 bridgehead atoms. The fourth-order valence-electron chi connectivity index (χ4n) is 2.97. The topological polar surface area (TPSA) is 72.2 Å². The molecule has 0 radical (unpaired) electrons. The first kappa shape index (κ1) is 19.0. The number of aromatic nitrogens is 2. The lowest BCUT2D eigenvalue weighted by Gasteiger charge is -2.16. The lowest BCUT2D eigenvalue weighted by atomic mass is 10.1. The Balaban J connectivity index is 2.18. The zero-order valence-corrected chi connectivity index (χ0v) is 15.8. The molecule has 0 saturated carbocycles. The van der Waals surface area contributed by atoms with Gasteiger partial charge in [-0.25, -0.2) is 9.37 Å². The third kappa shape index (κ3) is 3.83. The van der Waals surface area contributed by atoms with Gasteiger partial charge in [0.15, 0.2) is 11.6 Å². The van der Waals surface area contributed by atoms with Gasteiger partial charge in [0, 0.05) is 12.8 Å². The fourth-order valence-corrected chi connectivity index (χ4v) is 3.79. The zero-order chi connectivity index (χ0) is 19.6. The Morgan fingerprint density at radius 3 is 2.52 bits per heavy atom. The van der Waals surface area contributed by atoms with E-state index in [1.54, 1.807) is 6.92 Å². The second-order valence-electron chi connectivity index (χ2n) is 6.13. The van der Waals surface area contributed by atoms with Gasteiger partial charge < -0.3 is 5.11 Å². The van der Waals surface area contributed by atoms with Crippen molar-refractivity contribution in [2.24, 2.45) is 0 Å². The maximum absolute atomic E-state index is 13.8. The molecule has 0 aliphatic heterocycles. The van der Waals surface area contributed by atoms with E-state index in [1.807, 2.05) is 30.3 Å². The standard InChI is InChI=1S/C20H19FN2O3S/c1-13-18(27(2)26)20(25)23(12-11-14-7-4-3-5-8-14)19(22-13)15-9-6-10-16(21)17(15)24/h3-10,24H,11-12H2,1-2H3. The molecule has 1 atom stereocenters. The van der Waals surface area contributed by atoms with E-state index in [4.69, 9.17) is 0 Å². The van der Waals surface area contributed by atoms with Gasteiger partial charge in [-0.15, -0.1) is 0 Å². The highest BCUT2D eigenvalue weighted by Gasteiger charge is 2.20. The zero-order valence-electron chi connectivity index (χ0n) is 15.0. The summed E-state index contributed by atoms with van der Waals surface area (Å²) in [5, 5.41) is 10.1. The van der Waals surface area contributed by atoms with Crippen molar-refractivity contribution in [1.29, 1.82) is 0 Å². The molecule has 0 fully saturated rings. The third-order valence-electron chi connectivity index (χ3n) is 4.28. The number of para-hydroxylation sites is 1. The van der Waals surface area contributed by atoms with Gasteiger partial charge in [-0.2, -0.15) is 0 Å². The van der Waals surface area contributed by atoms with Crippen molar-refractivity contribution < 1.29 is 13.7 Å². The smallest absolute Gasteiger partial charge is 0.270 e. The largest absolute Gasteiger partial charge is 0.504 e. The fraction of sp³-hybridized carbons (Fsp3) is 0.200. The Kier molecular flexibility index (Phi) is 5.51. The molecule has 1 aromatic heterocycles. The Labute approximate surface area is 158 Å². The Hall–Kier alpha value is -2.80. The molecule has 0 saturated heterocycles. The average molecular weight is 386 g/mol. The Bertz CT molecular complexity index is 1060. The van der Waals surface area contributed by atoms with Crippen molar-refractivity contribution in [2.45, 2.75) is 24.8 Å². The van der Waals surface area contributed by atoms with Crippen LogP contribution in [-0.2, 0) is 23.8 Å². The first-order chi connectivity index (χ1) is 12.9. The Morgan fingerprint density at radius 2 is 1.85 bits per heavy atom. The van der Waals surface area contributed by atoms with E-state index < -0.39 is 27.9 Å². The lowest BCUT2D eigenvalue weighted by Crippen LogP contribution is -2.29. The molecule has 1 unspecified atom stereocenters. The minimum Gasteiger partial charge on any atom is -0.504 e. The van der Waals surface area contributed by atoms with E-state index in [-0.39, 0.29) is 22.8 Å². The summed E-state index contributed by atoms with van der Waals surface area (Å²) in [7, 11) is -1.52. The van der Waals surface area contributed by atoms with Gasteiger partial charge in [0.25, 0.3) is 5.56 Å². The molecule has 5 nitrogen and oxygen atoms in total. The molecule has 0 aliphatic carbocycles. The van der Waals surface area contributed by atoms with Crippen LogP contribution < -0.4 is 5.56 Å². The molecular weight excluding hydrogens is 367 g/mol. The number of hydrogen-bond acceptors (Lipinski definition) is 4. The van der Waals surface area contributed by atoms with Gasteiger partial charge in [-0.1, -0.05) is 36.4 Å². The predicted molar refractivity (Wildman–Crippen MR) is 103 cm³/mol. The van der Waals surface area contributed by atoms with Crippen LogP contribution in [0, 0.1) is 12.7 Å². The molecule has 140 valence electrons. The number of phenolic OH excluding ortho intramolecular Hbond substituents is 1. The summed E-state index contributed by atoms with van der Waals surface area (Å²) in [6.45, 7) is 1.84. The number of aromatic hydroxyl groups is 1. The number of halogens is 1. The maximum Gasteiger partial charge on any atom is 0.270 e. The van der Waals surface area contributed by atoms with E-state index in [9.17, 15) is 18.5 Å². The summed E-state index contributed by atoms with van der Waals surface area (Å²) in [6, 6.07) is 13.6. The van der Waals surface area contributed by atoms with Crippen molar-refractivity contribution in [3.63, 3.8) is 0 Å². The van der Waals surface area contributed by atoms with Crippen LogP contribution in [-0.4, -0.2) is 25.1 Å². The van der Waals surface area contributed by atoms with Crippen LogP contribution in [0.1, 0.15) is 11.3 Å². The van der Waals surface area contributed by atoms with Crippen LogP contribution in [0.25, 0.3) is 11.4 Å². The average Bonchev–Trinajstić information content (AvgIpc) is 2.63. The van der Waals surface area contributed by atoms with Crippen molar-refractivity contribution in [1.82, 2.24) is 9.55 Å². The molecule has 27 heavy (non-hydrogen) atoms. The van der Waals surface area contributed by atoms with E-state index in [2.05, 4.69) is 4.98 Å². The summed E-state index contributed by atoms with van der Waals surface area (Å²) in [4.78, 5) is 17.5. The van der Waals surface area contributed by atoms with Gasteiger partial charge in [0.1, 0.15) is 10.7 Å². The van der Waals surface area contributed by atoms with Crippen LogP contribution in [0.5, 0.6) is 5.75 Å². The third-order valence-corrected chi connectivity index (χ3v) is 5.32. The molecule has 0 amide bonds. The molecule has 1 N–H and O–H groups in total. The number of rotatable bonds is 5. The quantitative estimate of drug-likeness (QED) is 0.732. The summed E-state index contributed by atoms with van der Waals surface area (Å²) in [6.07, 6.45) is 1.95. The predicted octanol–water partition coefficient (Wildman–Crippen LogP) is 3.04. The van der Waals surface area contributed by atoms with Crippen LogP contribution in [0.2, 0.25) is 0 Å². The minimum absolute atomic E-state index is 0.114. The van der Waals surface area contributed by atoms with Gasteiger partial charge in [0.2, 0.25) is 0 Å². The monoisotopic (exact) mass is 386 g/mol. The van der Waals surface area contributed by atoms with E-state index in [1.165, 1.54) is 23.0 Å². The number of benzene rings is 2. The number of phenols is 1. The number of aryl methyl sites for hydroxylation is 2. The lowest BCUT2D eigenvalue weighted by molar-refractivity contribution is 0.433. The highest BCUT2D eigenvalue weighted by atomic mass is 32.2. The number of hydrogen-bond donors (Lipinski definition) is 1. The molecule has 2 aromatic carbocycles. The summed E-state index contributed by atoms with van der Waals surface area (Å²) in [5.41, 5.74) is 0.989. The normalized spacial score (nSPS) is 12.1. The minimum atomic E-state index is -1.52. The van der Waals surface area contributed by atoms with Gasteiger partial charge in [-0.05, 0) is 31.0 Å². The van der Waals surface area contributed by atoms with Gasteiger partial charge in [-0.3, -0.25) is 13.6 Å². The van der Waals surface area contributed by atoms with Crippen LogP contribution in [0.4, 0.5) is 4.39 Å². The van der Waals surface area contributed by atoms with Crippen molar-refractivity contribution >= 4 is 10.8 Å². The number of nitrogens with zero attached hydrogens (tertiary/aromatic N) is 2. The molecule has 3 aromatic rings. The van der Waals surface area contributed by atoms with Crippen LogP contribution >= 0.6 is 0 Å². The van der Waals surface area contributed by atoms with Crippen LogP contribution in [0.15, 0.2) is 58.2 Å². The van der Waals surface area contributed by atoms with Crippen molar-refractivity contribution in [3.05, 3.63) is 76.0 Å². The molecule has 1 heterocycles. The summed E-state index contributed by atoms with van der Waals surface area (Å²) < 4.78 is 27.2. The Morgan fingerprint density at radius 1 is 1.15 bits per heavy atom. The molecule has 0 aliphatic rings. The molecule has 3 rings (SSSR count). The molecular formula is C20H19FN2O3S. The molecule has 0 spiro atoms. The van der Waals surface area contributed by atoms with E-state index >= 15 is 0 Å². The summed E-state index contributed by atoms with van der Waals surface area (Å²) in [5.74, 6) is -1.21. The first-order valence-corrected chi connectivity index (χ1v) is 9.92. The highest BCUT2D eigenvalue weighted by molar-refractivity contribution is 7.84. The van der Waals surface area contributed by atoms with E-state index in [0.717, 1.165) is 11.6 Å². The van der Waals surface area contributed by atoms with Crippen molar-refractivity contribution in [2.75, 3.05) is 6.26 Å². The van der Waals surface area contributed by atoms with Gasteiger partial charge >= 0.3 is 0 Å². The summed E-state index contributed by atoms with van der Waals surface area (Å²) >= 11 is 0. The van der Waals surface area contributed by atoms with Crippen molar-refractivity contribution in [3.8, 4) is 17.1 Å². The second-order valence-corrected chi connectivity index (χ2v) is 7.45. The SMILES string of the molecule is Cc1nc(-c2cccc(F)c2O)n(CCc2ccccc2)c(=O)c1S(C)=O. The maximum atomic E-state index is 13.8. The van der Waals surface area contributed by atoms with Crippen LogP contribution in [0.3, 0.4) is 0 Å². The molecule has 7 heteroatoms. The second kappa shape index (κ2) is 7.84. The first-order valence-electron chi connectivity index (χ1n) is 8.36.